The Morgan fingerprint density at radius 3 is 3.07 bits per heavy atom. The molecular formula is C9H7IN4. The number of rotatable bonds is 1. The van der Waals surface area contributed by atoms with Gasteiger partial charge in [-0.25, -0.2) is 9.97 Å². The van der Waals surface area contributed by atoms with Crippen LogP contribution in [-0.4, -0.2) is 14.5 Å². The SMILES string of the molecule is Cn1c(CI)nc2c(C#N)nccc21. The number of nitriles is 1. The van der Waals surface area contributed by atoms with Crippen LogP contribution in [0.2, 0.25) is 0 Å². The van der Waals surface area contributed by atoms with Gasteiger partial charge in [-0.2, -0.15) is 5.26 Å². The van der Waals surface area contributed by atoms with Crippen molar-refractivity contribution in [2.45, 2.75) is 4.43 Å². The molecule has 4 nitrogen and oxygen atoms in total. The first-order chi connectivity index (χ1) is 6.77. The largest absolute Gasteiger partial charge is 0.330 e. The zero-order chi connectivity index (χ0) is 10.1. The molecule has 0 aliphatic carbocycles. The molecule has 0 unspecified atom stereocenters. The van der Waals surface area contributed by atoms with Gasteiger partial charge in [-0.1, -0.05) is 22.6 Å². The smallest absolute Gasteiger partial charge is 0.168 e. The molecular weight excluding hydrogens is 291 g/mol. The molecule has 70 valence electrons. The lowest BCUT2D eigenvalue weighted by Gasteiger charge is -1.96. The van der Waals surface area contributed by atoms with E-state index in [1.165, 1.54) is 0 Å². The van der Waals surface area contributed by atoms with Crippen molar-refractivity contribution in [3.05, 3.63) is 23.8 Å². The van der Waals surface area contributed by atoms with Crippen LogP contribution in [0.15, 0.2) is 12.3 Å². The quantitative estimate of drug-likeness (QED) is 0.595. The highest BCUT2D eigenvalue weighted by molar-refractivity contribution is 14.1. The van der Waals surface area contributed by atoms with E-state index in [0.717, 1.165) is 15.8 Å². The maximum atomic E-state index is 8.84. The van der Waals surface area contributed by atoms with Crippen LogP contribution in [0, 0.1) is 11.3 Å². The van der Waals surface area contributed by atoms with E-state index < -0.39 is 0 Å². The standard InChI is InChI=1S/C9H7IN4/c1-14-7-2-3-12-6(5-11)9(7)13-8(14)4-10/h2-3H,4H2,1H3. The average molecular weight is 298 g/mol. The molecule has 2 aromatic heterocycles. The van der Waals surface area contributed by atoms with Crippen LogP contribution in [0.5, 0.6) is 0 Å². The molecule has 0 amide bonds. The summed E-state index contributed by atoms with van der Waals surface area (Å²) in [6.07, 6.45) is 1.64. The third kappa shape index (κ3) is 1.26. The summed E-state index contributed by atoms with van der Waals surface area (Å²) in [5.41, 5.74) is 2.06. The molecule has 0 aliphatic rings. The van der Waals surface area contributed by atoms with Crippen molar-refractivity contribution in [3.63, 3.8) is 0 Å². The summed E-state index contributed by atoms with van der Waals surface area (Å²) in [5, 5.41) is 8.84. The molecule has 0 aliphatic heterocycles. The second-order valence-corrected chi connectivity index (χ2v) is 3.62. The number of alkyl halides is 1. The third-order valence-corrected chi connectivity index (χ3v) is 2.80. The van der Waals surface area contributed by atoms with E-state index in [9.17, 15) is 0 Å². The van der Waals surface area contributed by atoms with Gasteiger partial charge in [0.1, 0.15) is 17.4 Å². The predicted octanol–water partition coefficient (Wildman–Crippen LogP) is 1.77. The number of fused-ring (bicyclic) bond motifs is 1. The van der Waals surface area contributed by atoms with Crippen molar-refractivity contribution in [3.8, 4) is 6.07 Å². The molecule has 0 saturated carbocycles. The minimum Gasteiger partial charge on any atom is -0.330 e. The molecule has 0 atom stereocenters. The van der Waals surface area contributed by atoms with Gasteiger partial charge in [-0.15, -0.1) is 0 Å². The van der Waals surface area contributed by atoms with E-state index in [0.29, 0.717) is 11.2 Å². The molecule has 0 spiro atoms. The summed E-state index contributed by atoms with van der Waals surface area (Å²) >= 11 is 2.25. The Labute approximate surface area is 94.7 Å². The summed E-state index contributed by atoms with van der Waals surface area (Å²) in [7, 11) is 1.95. The number of halogens is 1. The van der Waals surface area contributed by atoms with Crippen molar-refractivity contribution in [2.75, 3.05) is 0 Å². The van der Waals surface area contributed by atoms with E-state index in [1.807, 2.05) is 23.8 Å². The number of imidazole rings is 1. The van der Waals surface area contributed by atoms with Crippen molar-refractivity contribution in [1.29, 1.82) is 5.26 Å². The zero-order valence-electron chi connectivity index (χ0n) is 7.53. The first kappa shape index (κ1) is 9.40. The highest BCUT2D eigenvalue weighted by Crippen LogP contribution is 2.17. The number of aryl methyl sites for hydroxylation is 1. The molecule has 0 aromatic carbocycles. The van der Waals surface area contributed by atoms with Gasteiger partial charge in [0.05, 0.1) is 9.94 Å². The first-order valence-electron chi connectivity index (χ1n) is 4.04. The number of hydrogen-bond donors (Lipinski definition) is 0. The van der Waals surface area contributed by atoms with Gasteiger partial charge in [-0.3, -0.25) is 0 Å². The molecule has 5 heteroatoms. The molecule has 14 heavy (non-hydrogen) atoms. The van der Waals surface area contributed by atoms with Crippen LogP contribution in [-0.2, 0) is 11.5 Å². The Hall–Kier alpha value is -1.16. The monoisotopic (exact) mass is 298 g/mol. The van der Waals surface area contributed by atoms with Gasteiger partial charge in [0, 0.05) is 13.2 Å². The highest BCUT2D eigenvalue weighted by atomic mass is 127. The topological polar surface area (TPSA) is 54.5 Å². The summed E-state index contributed by atoms with van der Waals surface area (Å²) < 4.78 is 2.82. The van der Waals surface area contributed by atoms with Gasteiger partial charge in [-0.05, 0) is 6.07 Å². The van der Waals surface area contributed by atoms with Gasteiger partial charge < -0.3 is 4.57 Å². The van der Waals surface area contributed by atoms with Gasteiger partial charge in [0.15, 0.2) is 5.69 Å². The predicted molar refractivity (Wildman–Crippen MR) is 60.9 cm³/mol. The fraction of sp³-hybridized carbons (Fsp3) is 0.222. The minimum atomic E-state index is 0.397. The highest BCUT2D eigenvalue weighted by Gasteiger charge is 2.10. The Balaban J connectivity index is 2.85. The van der Waals surface area contributed by atoms with Gasteiger partial charge in [0.25, 0.3) is 0 Å². The van der Waals surface area contributed by atoms with Crippen LogP contribution in [0.1, 0.15) is 11.5 Å². The maximum Gasteiger partial charge on any atom is 0.168 e. The lowest BCUT2D eigenvalue weighted by molar-refractivity contribution is 0.882. The molecule has 2 aromatic rings. The Bertz CT molecular complexity index is 523. The number of hydrogen-bond acceptors (Lipinski definition) is 3. The normalized spacial score (nSPS) is 10.4. The zero-order valence-corrected chi connectivity index (χ0v) is 9.69. The van der Waals surface area contributed by atoms with E-state index in [2.05, 4.69) is 32.6 Å². The van der Waals surface area contributed by atoms with E-state index in [1.54, 1.807) is 6.20 Å². The second kappa shape index (κ2) is 3.53. The maximum absolute atomic E-state index is 8.84. The van der Waals surface area contributed by atoms with Crippen LogP contribution < -0.4 is 0 Å². The van der Waals surface area contributed by atoms with Crippen molar-refractivity contribution in [2.24, 2.45) is 7.05 Å². The fourth-order valence-corrected chi connectivity index (χ4v) is 2.05. The van der Waals surface area contributed by atoms with Gasteiger partial charge in [0.2, 0.25) is 0 Å². The van der Waals surface area contributed by atoms with Crippen LogP contribution >= 0.6 is 22.6 Å². The van der Waals surface area contributed by atoms with Crippen molar-refractivity contribution >= 4 is 33.6 Å². The Kier molecular flexibility index (Phi) is 2.37. The summed E-state index contributed by atoms with van der Waals surface area (Å²) in [6, 6.07) is 3.92. The minimum absolute atomic E-state index is 0.397. The average Bonchev–Trinajstić information content (AvgIpc) is 2.55. The van der Waals surface area contributed by atoms with Crippen LogP contribution in [0.25, 0.3) is 11.0 Å². The van der Waals surface area contributed by atoms with Crippen LogP contribution in [0.3, 0.4) is 0 Å². The summed E-state index contributed by atoms with van der Waals surface area (Å²) in [5.74, 6) is 0.963. The molecule has 2 heterocycles. The number of aromatic nitrogens is 3. The van der Waals surface area contributed by atoms with E-state index >= 15 is 0 Å². The lowest BCUT2D eigenvalue weighted by atomic mass is 10.3. The lowest BCUT2D eigenvalue weighted by Crippen LogP contribution is -1.93. The Morgan fingerprint density at radius 2 is 2.43 bits per heavy atom. The van der Waals surface area contributed by atoms with Crippen molar-refractivity contribution in [1.82, 2.24) is 14.5 Å². The summed E-state index contributed by atoms with van der Waals surface area (Å²) in [4.78, 5) is 8.35. The number of pyridine rings is 1. The molecule has 0 bridgehead atoms. The van der Waals surface area contributed by atoms with Gasteiger partial charge >= 0.3 is 0 Å². The fourth-order valence-electron chi connectivity index (χ4n) is 1.37. The molecule has 0 fully saturated rings. The number of nitrogens with zero attached hydrogens (tertiary/aromatic N) is 4. The third-order valence-electron chi connectivity index (χ3n) is 2.12. The Morgan fingerprint density at radius 1 is 1.64 bits per heavy atom. The van der Waals surface area contributed by atoms with E-state index in [-0.39, 0.29) is 0 Å². The molecule has 0 saturated heterocycles. The summed E-state index contributed by atoms with van der Waals surface area (Å²) in [6.45, 7) is 0. The second-order valence-electron chi connectivity index (χ2n) is 2.86. The van der Waals surface area contributed by atoms with E-state index in [4.69, 9.17) is 5.26 Å². The molecule has 0 radical (unpaired) electrons. The van der Waals surface area contributed by atoms with Crippen LogP contribution in [0.4, 0.5) is 0 Å². The van der Waals surface area contributed by atoms with Crippen molar-refractivity contribution < 1.29 is 0 Å². The first-order valence-corrected chi connectivity index (χ1v) is 5.57. The molecule has 0 N–H and O–H groups in total. The molecule has 2 rings (SSSR count).